The molecule has 0 saturated heterocycles. The molecule has 0 aromatic carbocycles. The lowest BCUT2D eigenvalue weighted by atomic mass is 9.78. The number of carbonyl (C=O) groups excluding carboxylic acids is 1. The maximum Gasteiger partial charge on any atom is 0.142 e. The molecule has 0 aromatic rings. The highest BCUT2D eigenvalue weighted by atomic mass is 16.1. The molecule has 1 aliphatic rings. The van der Waals surface area contributed by atoms with Crippen LogP contribution in [0, 0.1) is 11.8 Å². The Morgan fingerprint density at radius 2 is 2.18 bits per heavy atom. The normalized spacial score (nSPS) is 32.0. The predicted octanol–water partition coefficient (Wildman–Crippen LogP) is 2.57. The fourth-order valence-electron chi connectivity index (χ4n) is 1.75. The number of allylic oxidation sites excluding steroid dienone is 1. The smallest absolute Gasteiger partial charge is 0.142 e. The predicted molar refractivity (Wildman–Crippen MR) is 46.3 cm³/mol. The van der Waals surface area contributed by atoms with Crippen LogP contribution in [0.5, 0.6) is 0 Å². The zero-order chi connectivity index (χ0) is 8.43. The Morgan fingerprint density at radius 1 is 1.55 bits per heavy atom. The summed E-state index contributed by atoms with van der Waals surface area (Å²) < 4.78 is 0. The van der Waals surface area contributed by atoms with Gasteiger partial charge in [0.05, 0.1) is 0 Å². The van der Waals surface area contributed by atoms with E-state index in [1.165, 1.54) is 6.42 Å². The lowest BCUT2D eigenvalue weighted by Crippen LogP contribution is -2.26. The van der Waals surface area contributed by atoms with Gasteiger partial charge in [-0.3, -0.25) is 4.79 Å². The summed E-state index contributed by atoms with van der Waals surface area (Å²) in [5, 5.41) is 0. The van der Waals surface area contributed by atoms with Gasteiger partial charge < -0.3 is 0 Å². The number of ketones is 1. The third kappa shape index (κ3) is 1.70. The summed E-state index contributed by atoms with van der Waals surface area (Å²) in [6.45, 7) is 7.83. The molecule has 1 rings (SSSR count). The van der Waals surface area contributed by atoms with E-state index in [2.05, 4.69) is 6.58 Å². The van der Waals surface area contributed by atoms with Crippen molar-refractivity contribution in [1.29, 1.82) is 0 Å². The molecule has 0 aliphatic heterocycles. The van der Waals surface area contributed by atoms with E-state index >= 15 is 0 Å². The van der Waals surface area contributed by atoms with Crippen LogP contribution >= 0.6 is 0 Å². The SMILES string of the molecule is C=C(C)C1CCCC(C)C1=O. The van der Waals surface area contributed by atoms with Crippen LogP contribution in [0.25, 0.3) is 0 Å². The van der Waals surface area contributed by atoms with Crippen LogP contribution in [0.4, 0.5) is 0 Å². The molecule has 1 fully saturated rings. The molecule has 11 heavy (non-hydrogen) atoms. The summed E-state index contributed by atoms with van der Waals surface area (Å²) in [4.78, 5) is 11.5. The first-order valence-corrected chi connectivity index (χ1v) is 4.32. The second kappa shape index (κ2) is 3.21. The Kier molecular flexibility index (Phi) is 2.48. The van der Waals surface area contributed by atoms with Crippen molar-refractivity contribution in [1.82, 2.24) is 0 Å². The number of hydrogen-bond donors (Lipinski definition) is 0. The number of Topliss-reactive ketones (excluding diaryl/α,β-unsaturated/α-hetero) is 1. The van der Waals surface area contributed by atoms with Gasteiger partial charge >= 0.3 is 0 Å². The molecule has 0 N–H and O–H groups in total. The van der Waals surface area contributed by atoms with Crippen molar-refractivity contribution in [3.8, 4) is 0 Å². The van der Waals surface area contributed by atoms with Gasteiger partial charge in [0, 0.05) is 11.8 Å². The topological polar surface area (TPSA) is 17.1 Å². The highest BCUT2D eigenvalue weighted by Crippen LogP contribution is 2.29. The van der Waals surface area contributed by atoms with Crippen molar-refractivity contribution in [3.63, 3.8) is 0 Å². The molecular weight excluding hydrogens is 136 g/mol. The van der Waals surface area contributed by atoms with Crippen LogP contribution in [0.3, 0.4) is 0 Å². The molecule has 0 heterocycles. The van der Waals surface area contributed by atoms with E-state index in [0.717, 1.165) is 18.4 Å². The quantitative estimate of drug-likeness (QED) is 0.528. The maximum atomic E-state index is 11.5. The van der Waals surface area contributed by atoms with E-state index in [0.29, 0.717) is 5.78 Å². The van der Waals surface area contributed by atoms with Crippen molar-refractivity contribution in [2.75, 3.05) is 0 Å². The van der Waals surface area contributed by atoms with Gasteiger partial charge in [-0.15, -0.1) is 0 Å². The van der Waals surface area contributed by atoms with Crippen molar-refractivity contribution < 1.29 is 4.79 Å². The third-order valence-electron chi connectivity index (χ3n) is 2.55. The lowest BCUT2D eigenvalue weighted by molar-refractivity contribution is -0.127. The fraction of sp³-hybridized carbons (Fsp3) is 0.700. The zero-order valence-corrected chi connectivity index (χ0v) is 7.39. The lowest BCUT2D eigenvalue weighted by Gasteiger charge is -2.25. The summed E-state index contributed by atoms with van der Waals surface area (Å²) in [6, 6.07) is 0. The van der Waals surface area contributed by atoms with E-state index in [-0.39, 0.29) is 11.8 Å². The van der Waals surface area contributed by atoms with Gasteiger partial charge in [-0.2, -0.15) is 0 Å². The van der Waals surface area contributed by atoms with Crippen LogP contribution < -0.4 is 0 Å². The second-order valence-corrected chi connectivity index (χ2v) is 3.63. The molecule has 0 spiro atoms. The van der Waals surface area contributed by atoms with Gasteiger partial charge in [0.1, 0.15) is 5.78 Å². The monoisotopic (exact) mass is 152 g/mol. The largest absolute Gasteiger partial charge is 0.299 e. The second-order valence-electron chi connectivity index (χ2n) is 3.63. The Hall–Kier alpha value is -0.590. The van der Waals surface area contributed by atoms with Crippen LogP contribution in [0.2, 0.25) is 0 Å². The highest BCUT2D eigenvalue weighted by molar-refractivity contribution is 5.86. The molecule has 2 unspecified atom stereocenters. The third-order valence-corrected chi connectivity index (χ3v) is 2.55. The molecule has 0 aromatic heterocycles. The minimum Gasteiger partial charge on any atom is -0.299 e. The summed E-state index contributed by atoms with van der Waals surface area (Å²) in [7, 11) is 0. The summed E-state index contributed by atoms with van der Waals surface area (Å²) >= 11 is 0. The van der Waals surface area contributed by atoms with E-state index in [1.807, 2.05) is 13.8 Å². The number of hydrogen-bond acceptors (Lipinski definition) is 1. The van der Waals surface area contributed by atoms with E-state index in [9.17, 15) is 4.79 Å². The highest BCUT2D eigenvalue weighted by Gasteiger charge is 2.27. The Balaban J connectivity index is 2.66. The number of rotatable bonds is 1. The van der Waals surface area contributed by atoms with Crippen LogP contribution in [-0.4, -0.2) is 5.78 Å². The maximum absolute atomic E-state index is 11.5. The van der Waals surface area contributed by atoms with Gasteiger partial charge in [0.15, 0.2) is 0 Å². The molecule has 0 radical (unpaired) electrons. The van der Waals surface area contributed by atoms with E-state index in [4.69, 9.17) is 0 Å². The average Bonchev–Trinajstić information content (AvgIpc) is 1.94. The van der Waals surface area contributed by atoms with E-state index < -0.39 is 0 Å². The molecule has 1 heteroatoms. The molecule has 1 saturated carbocycles. The first-order valence-electron chi connectivity index (χ1n) is 4.32. The van der Waals surface area contributed by atoms with Crippen molar-refractivity contribution in [3.05, 3.63) is 12.2 Å². The average molecular weight is 152 g/mol. The zero-order valence-electron chi connectivity index (χ0n) is 7.39. The van der Waals surface area contributed by atoms with Gasteiger partial charge in [-0.25, -0.2) is 0 Å². The summed E-state index contributed by atoms with van der Waals surface area (Å²) in [6.07, 6.45) is 3.28. The van der Waals surface area contributed by atoms with Gasteiger partial charge in [0.2, 0.25) is 0 Å². The van der Waals surface area contributed by atoms with Crippen LogP contribution in [0.1, 0.15) is 33.1 Å². The molecule has 1 aliphatic carbocycles. The van der Waals surface area contributed by atoms with Crippen molar-refractivity contribution in [2.24, 2.45) is 11.8 Å². The van der Waals surface area contributed by atoms with Crippen molar-refractivity contribution in [2.45, 2.75) is 33.1 Å². The minimum atomic E-state index is 0.166. The molecular formula is C10H16O. The van der Waals surface area contributed by atoms with Gasteiger partial charge in [-0.05, 0) is 19.8 Å². The van der Waals surface area contributed by atoms with Crippen molar-refractivity contribution >= 4 is 5.78 Å². The standard InChI is InChI=1S/C10H16O/c1-7(2)9-6-4-5-8(3)10(9)11/h8-9H,1,4-6H2,2-3H3. The first kappa shape index (κ1) is 8.51. The fourth-order valence-corrected chi connectivity index (χ4v) is 1.75. The summed E-state index contributed by atoms with van der Waals surface area (Å²) in [5.74, 6) is 0.841. The molecule has 62 valence electrons. The molecule has 0 bridgehead atoms. The number of carbonyl (C=O) groups is 1. The Morgan fingerprint density at radius 3 is 2.64 bits per heavy atom. The first-order chi connectivity index (χ1) is 5.13. The Labute approximate surface area is 68.5 Å². The molecule has 2 atom stereocenters. The Bertz CT molecular complexity index is 181. The van der Waals surface area contributed by atoms with Crippen LogP contribution in [0.15, 0.2) is 12.2 Å². The van der Waals surface area contributed by atoms with Crippen LogP contribution in [-0.2, 0) is 4.79 Å². The molecule has 0 amide bonds. The molecule has 1 nitrogen and oxygen atoms in total. The van der Waals surface area contributed by atoms with Gasteiger partial charge in [0.25, 0.3) is 0 Å². The van der Waals surface area contributed by atoms with E-state index in [1.54, 1.807) is 0 Å². The van der Waals surface area contributed by atoms with Gasteiger partial charge in [-0.1, -0.05) is 25.5 Å². The summed E-state index contributed by atoms with van der Waals surface area (Å²) in [5.41, 5.74) is 1.04. The minimum absolute atomic E-state index is 0.166.